The van der Waals surface area contributed by atoms with Gasteiger partial charge in [0.25, 0.3) is 0 Å². The molecule has 1 unspecified atom stereocenters. The zero-order valence-electron chi connectivity index (χ0n) is 11.7. The molecule has 0 aromatic carbocycles. The molecule has 0 saturated carbocycles. The lowest BCUT2D eigenvalue weighted by atomic mass is 10.1. The van der Waals surface area contributed by atoms with Crippen LogP contribution in [-0.4, -0.2) is 14.3 Å². The van der Waals surface area contributed by atoms with Crippen molar-refractivity contribution < 1.29 is 4.55 Å². The molecule has 1 aromatic heterocycles. The number of nitrogens with one attached hydrogen (secondary N) is 1. The molecule has 0 saturated heterocycles. The molecule has 0 amide bonds. The standard InChI is InChI=1S/C13H20Cl2N2OS/c1-5-6-11(17-19(18)13(2,3)4)9-7-10(14)12(15)16-8-9/h7-8,11,17H,5-6H2,1-4H3/t11-,19?/m0/s1. The van der Waals surface area contributed by atoms with Crippen molar-refractivity contribution in [2.24, 2.45) is 0 Å². The van der Waals surface area contributed by atoms with E-state index < -0.39 is 11.4 Å². The van der Waals surface area contributed by atoms with Crippen molar-refractivity contribution in [1.82, 2.24) is 9.71 Å². The number of hydrogen-bond donors (Lipinski definition) is 1. The summed E-state index contributed by atoms with van der Waals surface area (Å²) in [5.74, 6) is 0. The Labute approximate surface area is 128 Å². The van der Waals surface area contributed by atoms with Crippen molar-refractivity contribution >= 4 is 34.6 Å². The maximum atomic E-state index is 12.2. The Kier molecular flexibility index (Phi) is 6.40. The molecule has 0 bridgehead atoms. The van der Waals surface area contributed by atoms with Gasteiger partial charge in [-0.15, -0.1) is 4.72 Å². The number of rotatable bonds is 5. The van der Waals surface area contributed by atoms with Crippen molar-refractivity contribution in [2.45, 2.75) is 51.3 Å². The zero-order chi connectivity index (χ0) is 14.6. The van der Waals surface area contributed by atoms with Crippen LogP contribution in [0.5, 0.6) is 0 Å². The first kappa shape index (κ1) is 17.1. The summed E-state index contributed by atoms with van der Waals surface area (Å²) in [6.45, 7) is 7.89. The van der Waals surface area contributed by atoms with Crippen LogP contribution in [0.3, 0.4) is 0 Å². The van der Waals surface area contributed by atoms with Crippen LogP contribution in [0.2, 0.25) is 10.2 Å². The SMILES string of the molecule is CCC[C@H](N[S+]([O-])C(C)(C)C)c1cnc(Cl)c(Cl)c1. The van der Waals surface area contributed by atoms with Crippen LogP contribution in [0.15, 0.2) is 12.3 Å². The fraction of sp³-hybridized carbons (Fsp3) is 0.615. The van der Waals surface area contributed by atoms with Crippen LogP contribution in [-0.2, 0) is 11.4 Å². The van der Waals surface area contributed by atoms with Gasteiger partial charge in [0.1, 0.15) is 9.90 Å². The van der Waals surface area contributed by atoms with Crippen LogP contribution < -0.4 is 4.72 Å². The van der Waals surface area contributed by atoms with Gasteiger partial charge in [0, 0.05) is 17.6 Å². The van der Waals surface area contributed by atoms with E-state index in [2.05, 4.69) is 16.6 Å². The summed E-state index contributed by atoms with van der Waals surface area (Å²) >= 11 is 10.7. The summed E-state index contributed by atoms with van der Waals surface area (Å²) < 4.78 is 15.0. The minimum Gasteiger partial charge on any atom is -0.598 e. The van der Waals surface area contributed by atoms with Crippen LogP contribution in [0.4, 0.5) is 0 Å². The first-order valence-corrected chi connectivity index (χ1v) is 8.15. The predicted octanol–water partition coefficient (Wildman–Crippen LogP) is 4.28. The number of halogens is 2. The van der Waals surface area contributed by atoms with Gasteiger partial charge >= 0.3 is 0 Å². The highest BCUT2D eigenvalue weighted by atomic mass is 35.5. The van der Waals surface area contributed by atoms with E-state index in [4.69, 9.17) is 23.2 Å². The van der Waals surface area contributed by atoms with Gasteiger partial charge in [-0.25, -0.2) is 4.98 Å². The summed E-state index contributed by atoms with van der Waals surface area (Å²) in [7, 11) is 0. The molecule has 1 rings (SSSR count). The third-order valence-electron chi connectivity index (χ3n) is 2.60. The molecule has 0 spiro atoms. The fourth-order valence-corrected chi connectivity index (χ4v) is 2.66. The number of hydrogen-bond acceptors (Lipinski definition) is 3. The first-order valence-electron chi connectivity index (χ1n) is 6.24. The second-order valence-electron chi connectivity index (χ2n) is 5.38. The summed E-state index contributed by atoms with van der Waals surface area (Å²) in [5, 5.41) is 0.709. The molecule has 0 aliphatic heterocycles. The van der Waals surface area contributed by atoms with Gasteiger partial charge in [0.15, 0.2) is 0 Å². The van der Waals surface area contributed by atoms with Gasteiger partial charge in [-0.05, 0) is 38.8 Å². The van der Waals surface area contributed by atoms with Gasteiger partial charge in [0.05, 0.1) is 11.1 Å². The topological polar surface area (TPSA) is 48.0 Å². The zero-order valence-corrected chi connectivity index (χ0v) is 14.0. The quantitative estimate of drug-likeness (QED) is 0.650. The molecule has 0 fully saturated rings. The molecule has 0 aliphatic rings. The van der Waals surface area contributed by atoms with Gasteiger partial charge in [-0.1, -0.05) is 36.5 Å². The number of aromatic nitrogens is 1. The van der Waals surface area contributed by atoms with E-state index in [-0.39, 0.29) is 15.9 Å². The van der Waals surface area contributed by atoms with Gasteiger partial charge in [0.2, 0.25) is 0 Å². The molecule has 2 atom stereocenters. The number of pyridine rings is 1. The molecule has 19 heavy (non-hydrogen) atoms. The lowest BCUT2D eigenvalue weighted by molar-refractivity contribution is 0.509. The summed E-state index contributed by atoms with van der Waals surface area (Å²) in [4.78, 5) is 4.05. The van der Waals surface area contributed by atoms with Crippen LogP contribution in [0.25, 0.3) is 0 Å². The molecule has 1 N–H and O–H groups in total. The third kappa shape index (κ3) is 5.12. The van der Waals surface area contributed by atoms with Crippen molar-refractivity contribution in [3.05, 3.63) is 28.0 Å². The van der Waals surface area contributed by atoms with Crippen molar-refractivity contribution in [3.63, 3.8) is 0 Å². The van der Waals surface area contributed by atoms with E-state index >= 15 is 0 Å². The fourth-order valence-electron chi connectivity index (χ4n) is 1.51. The average Bonchev–Trinajstić information content (AvgIpc) is 2.31. The third-order valence-corrected chi connectivity index (χ3v) is 4.90. The Morgan fingerprint density at radius 2 is 2.05 bits per heavy atom. The Balaban J connectivity index is 2.90. The normalized spacial score (nSPS) is 15.3. The Bertz CT molecular complexity index is 424. The molecular weight excluding hydrogens is 303 g/mol. The smallest absolute Gasteiger partial charge is 0.147 e. The van der Waals surface area contributed by atoms with Crippen LogP contribution >= 0.6 is 23.2 Å². The summed E-state index contributed by atoms with van der Waals surface area (Å²) in [6, 6.07) is 1.75. The molecule has 3 nitrogen and oxygen atoms in total. The highest BCUT2D eigenvalue weighted by molar-refractivity contribution is 7.90. The number of nitrogens with zero attached hydrogens (tertiary/aromatic N) is 1. The second-order valence-corrected chi connectivity index (χ2v) is 8.14. The van der Waals surface area contributed by atoms with Gasteiger partial charge < -0.3 is 4.55 Å². The summed E-state index contributed by atoms with van der Waals surface area (Å²) in [6.07, 6.45) is 3.52. The van der Waals surface area contributed by atoms with E-state index in [9.17, 15) is 4.55 Å². The van der Waals surface area contributed by atoms with Crippen molar-refractivity contribution in [2.75, 3.05) is 0 Å². The molecule has 108 valence electrons. The Morgan fingerprint density at radius 3 is 2.53 bits per heavy atom. The lowest BCUT2D eigenvalue weighted by Crippen LogP contribution is -2.41. The first-order chi connectivity index (χ1) is 8.75. The van der Waals surface area contributed by atoms with E-state index in [0.717, 1.165) is 18.4 Å². The maximum Gasteiger partial charge on any atom is 0.147 e. The Hall–Kier alpha value is -0.0000000000000000555. The van der Waals surface area contributed by atoms with Crippen molar-refractivity contribution in [1.29, 1.82) is 0 Å². The van der Waals surface area contributed by atoms with Crippen LogP contribution in [0, 0.1) is 0 Å². The van der Waals surface area contributed by atoms with E-state index in [0.29, 0.717) is 5.02 Å². The lowest BCUT2D eigenvalue weighted by Gasteiger charge is -2.28. The van der Waals surface area contributed by atoms with Gasteiger partial charge in [-0.2, -0.15) is 0 Å². The highest BCUT2D eigenvalue weighted by Gasteiger charge is 2.29. The second kappa shape index (κ2) is 7.14. The molecular formula is C13H20Cl2N2OS. The van der Waals surface area contributed by atoms with E-state index in [1.54, 1.807) is 12.3 Å². The maximum absolute atomic E-state index is 12.2. The molecule has 1 aromatic rings. The predicted molar refractivity (Wildman–Crippen MR) is 82.9 cm³/mol. The van der Waals surface area contributed by atoms with E-state index in [1.807, 2.05) is 20.8 Å². The molecule has 1 heterocycles. The van der Waals surface area contributed by atoms with Crippen LogP contribution in [0.1, 0.15) is 52.1 Å². The largest absolute Gasteiger partial charge is 0.598 e. The highest BCUT2D eigenvalue weighted by Crippen LogP contribution is 2.27. The molecule has 0 radical (unpaired) electrons. The minimum atomic E-state index is -1.14. The summed E-state index contributed by atoms with van der Waals surface area (Å²) in [5.41, 5.74) is 0.911. The Morgan fingerprint density at radius 1 is 1.42 bits per heavy atom. The van der Waals surface area contributed by atoms with E-state index in [1.165, 1.54) is 0 Å². The minimum absolute atomic E-state index is 0.0349. The van der Waals surface area contributed by atoms with Crippen molar-refractivity contribution in [3.8, 4) is 0 Å². The van der Waals surface area contributed by atoms with Gasteiger partial charge in [-0.3, -0.25) is 0 Å². The monoisotopic (exact) mass is 322 g/mol. The molecule has 0 aliphatic carbocycles. The molecule has 6 heteroatoms. The average molecular weight is 323 g/mol.